The molecule has 0 aromatic rings. The lowest BCUT2D eigenvalue weighted by molar-refractivity contribution is -0.122. The van der Waals surface area contributed by atoms with Crippen LogP contribution in [0.1, 0.15) is 32.6 Å². The number of rotatable bonds is 3. The summed E-state index contributed by atoms with van der Waals surface area (Å²) in [6.07, 6.45) is 4.37. The van der Waals surface area contributed by atoms with Crippen molar-refractivity contribution < 1.29 is 4.79 Å². The lowest BCUT2D eigenvalue weighted by Gasteiger charge is -2.14. The largest absolute Gasteiger partial charge is 0.362 e. The first-order valence-electron chi connectivity index (χ1n) is 5.36. The molecule has 1 fully saturated rings. The molecule has 78 valence electrons. The molecule has 1 aliphatic heterocycles. The smallest absolute Gasteiger partial charge is 0.242 e. The fourth-order valence-electron chi connectivity index (χ4n) is 1.53. The highest BCUT2D eigenvalue weighted by molar-refractivity contribution is 5.90. The first-order valence-corrected chi connectivity index (χ1v) is 5.36. The summed E-state index contributed by atoms with van der Waals surface area (Å²) in [5.74, 6) is 1.09. The third-order valence-electron chi connectivity index (χ3n) is 2.57. The van der Waals surface area contributed by atoms with Crippen molar-refractivity contribution in [2.24, 2.45) is 4.99 Å². The van der Waals surface area contributed by atoms with E-state index < -0.39 is 0 Å². The minimum Gasteiger partial charge on any atom is -0.362 e. The zero-order valence-corrected chi connectivity index (χ0v) is 8.55. The number of amides is 1. The van der Waals surface area contributed by atoms with Crippen molar-refractivity contribution in [2.75, 3.05) is 6.54 Å². The summed E-state index contributed by atoms with van der Waals surface area (Å²) in [6.45, 7) is 2.79. The number of nitrogens with one attached hydrogen (secondary N) is 2. The first-order chi connectivity index (χ1) is 6.75. The van der Waals surface area contributed by atoms with E-state index in [1.54, 1.807) is 0 Å². The highest BCUT2D eigenvalue weighted by Gasteiger charge is 2.25. The van der Waals surface area contributed by atoms with Gasteiger partial charge in [0.15, 0.2) is 0 Å². The van der Waals surface area contributed by atoms with Gasteiger partial charge in [0.2, 0.25) is 5.91 Å². The van der Waals surface area contributed by atoms with Gasteiger partial charge in [-0.2, -0.15) is 0 Å². The van der Waals surface area contributed by atoms with Crippen LogP contribution in [0, 0.1) is 0 Å². The SMILES string of the molecule is CC(NC1=NCCC1)C(=O)NC1CC1. The van der Waals surface area contributed by atoms with Crippen molar-refractivity contribution in [3.8, 4) is 0 Å². The standard InChI is InChI=1S/C10H17N3O/c1-7(10(14)13-8-4-5-8)12-9-3-2-6-11-9/h7-8H,2-6H2,1H3,(H,11,12)(H,13,14). The molecule has 1 unspecified atom stereocenters. The molecule has 4 heteroatoms. The molecule has 1 aliphatic carbocycles. The Labute approximate surface area is 84.2 Å². The lowest BCUT2D eigenvalue weighted by Crippen LogP contribution is -2.45. The molecule has 1 atom stereocenters. The molecule has 2 rings (SSSR count). The summed E-state index contributed by atoms with van der Waals surface area (Å²) in [6, 6.07) is 0.296. The minimum atomic E-state index is -0.146. The van der Waals surface area contributed by atoms with Gasteiger partial charge in [0, 0.05) is 19.0 Å². The van der Waals surface area contributed by atoms with Gasteiger partial charge in [-0.3, -0.25) is 9.79 Å². The van der Waals surface area contributed by atoms with Crippen molar-refractivity contribution in [3.05, 3.63) is 0 Å². The van der Waals surface area contributed by atoms with Crippen LogP contribution in [0.3, 0.4) is 0 Å². The van der Waals surface area contributed by atoms with Crippen molar-refractivity contribution in [1.29, 1.82) is 0 Å². The highest BCUT2D eigenvalue weighted by atomic mass is 16.2. The molecule has 0 spiro atoms. The number of aliphatic imine (C=N–C) groups is 1. The van der Waals surface area contributed by atoms with E-state index in [9.17, 15) is 4.79 Å². The van der Waals surface area contributed by atoms with E-state index >= 15 is 0 Å². The molecule has 0 aromatic heterocycles. The Morgan fingerprint density at radius 1 is 1.57 bits per heavy atom. The summed E-state index contributed by atoms with van der Waals surface area (Å²) in [5.41, 5.74) is 0. The highest BCUT2D eigenvalue weighted by Crippen LogP contribution is 2.18. The number of nitrogens with zero attached hydrogens (tertiary/aromatic N) is 1. The van der Waals surface area contributed by atoms with Gasteiger partial charge in [0.25, 0.3) is 0 Å². The fraction of sp³-hybridized carbons (Fsp3) is 0.800. The van der Waals surface area contributed by atoms with E-state index in [0.717, 1.165) is 38.1 Å². The molecule has 0 aromatic carbocycles. The van der Waals surface area contributed by atoms with Crippen molar-refractivity contribution in [1.82, 2.24) is 10.6 Å². The van der Waals surface area contributed by atoms with Crippen molar-refractivity contribution in [2.45, 2.75) is 44.7 Å². The third kappa shape index (κ3) is 2.47. The van der Waals surface area contributed by atoms with Gasteiger partial charge in [-0.1, -0.05) is 0 Å². The van der Waals surface area contributed by atoms with Crippen LogP contribution in [0.25, 0.3) is 0 Å². The van der Waals surface area contributed by atoms with E-state index in [2.05, 4.69) is 15.6 Å². The zero-order chi connectivity index (χ0) is 9.97. The summed E-state index contributed by atoms with van der Waals surface area (Å²) in [4.78, 5) is 15.8. The normalized spacial score (nSPS) is 22.8. The van der Waals surface area contributed by atoms with E-state index in [1.807, 2.05) is 6.92 Å². The van der Waals surface area contributed by atoms with Gasteiger partial charge in [-0.15, -0.1) is 0 Å². The molecule has 1 saturated carbocycles. The Kier molecular flexibility index (Phi) is 2.70. The Morgan fingerprint density at radius 3 is 2.93 bits per heavy atom. The van der Waals surface area contributed by atoms with Crippen molar-refractivity contribution in [3.63, 3.8) is 0 Å². The van der Waals surface area contributed by atoms with E-state index in [-0.39, 0.29) is 11.9 Å². The van der Waals surface area contributed by atoms with Crippen LogP contribution in [-0.2, 0) is 4.79 Å². The number of hydrogen-bond acceptors (Lipinski definition) is 3. The second-order valence-electron chi connectivity index (χ2n) is 4.08. The van der Waals surface area contributed by atoms with Gasteiger partial charge < -0.3 is 10.6 Å². The van der Waals surface area contributed by atoms with Crippen LogP contribution in [-0.4, -0.2) is 30.4 Å². The molecule has 4 nitrogen and oxygen atoms in total. The van der Waals surface area contributed by atoms with Crippen LogP contribution in [0.5, 0.6) is 0 Å². The Balaban J connectivity index is 1.75. The average Bonchev–Trinajstić information content (AvgIpc) is 2.81. The maximum atomic E-state index is 11.6. The van der Waals surface area contributed by atoms with E-state index in [0.29, 0.717) is 6.04 Å². The number of carbonyl (C=O) groups is 1. The third-order valence-corrected chi connectivity index (χ3v) is 2.57. The van der Waals surface area contributed by atoms with Crippen LogP contribution in [0.4, 0.5) is 0 Å². The summed E-state index contributed by atoms with van der Waals surface area (Å²) in [5, 5.41) is 6.12. The number of hydrogen-bond donors (Lipinski definition) is 2. The minimum absolute atomic E-state index is 0.0992. The number of carbonyl (C=O) groups excluding carboxylic acids is 1. The van der Waals surface area contributed by atoms with Crippen LogP contribution in [0.15, 0.2) is 4.99 Å². The monoisotopic (exact) mass is 195 g/mol. The molecule has 0 radical (unpaired) electrons. The van der Waals surface area contributed by atoms with Gasteiger partial charge >= 0.3 is 0 Å². The predicted molar refractivity (Wildman–Crippen MR) is 55.3 cm³/mol. The van der Waals surface area contributed by atoms with E-state index in [1.165, 1.54) is 0 Å². The maximum Gasteiger partial charge on any atom is 0.242 e. The molecule has 2 aliphatic rings. The summed E-state index contributed by atoms with van der Waals surface area (Å²) >= 11 is 0. The molecule has 14 heavy (non-hydrogen) atoms. The summed E-state index contributed by atoms with van der Waals surface area (Å²) < 4.78 is 0. The average molecular weight is 195 g/mol. The Bertz CT molecular complexity index is 258. The number of amidine groups is 1. The van der Waals surface area contributed by atoms with Gasteiger partial charge in [-0.05, 0) is 26.2 Å². The van der Waals surface area contributed by atoms with Gasteiger partial charge in [0.1, 0.15) is 6.04 Å². The Hall–Kier alpha value is -1.06. The maximum absolute atomic E-state index is 11.6. The van der Waals surface area contributed by atoms with Crippen molar-refractivity contribution >= 4 is 11.7 Å². The van der Waals surface area contributed by atoms with E-state index in [4.69, 9.17) is 0 Å². The molecule has 1 amide bonds. The molecule has 1 heterocycles. The molecule has 2 N–H and O–H groups in total. The second-order valence-corrected chi connectivity index (χ2v) is 4.08. The van der Waals surface area contributed by atoms with Crippen LogP contribution >= 0.6 is 0 Å². The Morgan fingerprint density at radius 2 is 2.36 bits per heavy atom. The zero-order valence-electron chi connectivity index (χ0n) is 8.55. The molecular weight excluding hydrogens is 178 g/mol. The summed E-state index contributed by atoms with van der Waals surface area (Å²) in [7, 11) is 0. The topological polar surface area (TPSA) is 53.5 Å². The van der Waals surface area contributed by atoms with Gasteiger partial charge in [0.05, 0.1) is 5.84 Å². The molecular formula is C10H17N3O. The first kappa shape index (κ1) is 9.49. The predicted octanol–water partition coefficient (Wildman–Crippen LogP) is 0.435. The van der Waals surface area contributed by atoms with Crippen LogP contribution in [0.2, 0.25) is 0 Å². The van der Waals surface area contributed by atoms with Crippen LogP contribution < -0.4 is 10.6 Å². The van der Waals surface area contributed by atoms with Gasteiger partial charge in [-0.25, -0.2) is 0 Å². The fourth-order valence-corrected chi connectivity index (χ4v) is 1.53. The lowest BCUT2D eigenvalue weighted by atomic mass is 10.2. The quantitative estimate of drug-likeness (QED) is 0.686. The second kappa shape index (κ2) is 3.98. The molecule has 0 saturated heterocycles. The molecule has 0 bridgehead atoms.